The molecule has 66 valence electrons. The van der Waals surface area contributed by atoms with E-state index in [1.54, 1.807) is 12.1 Å². The summed E-state index contributed by atoms with van der Waals surface area (Å²) in [7, 11) is 0. The fourth-order valence-corrected chi connectivity index (χ4v) is 1.94. The highest BCUT2D eigenvalue weighted by atomic mass is 79.9. The molecular weight excluding hydrogens is 255 g/mol. The topological polar surface area (TPSA) is 45.8 Å². The molecule has 1 heterocycles. The van der Waals surface area contributed by atoms with Gasteiger partial charge in [-0.3, -0.25) is 4.79 Å². The summed E-state index contributed by atoms with van der Waals surface area (Å²) in [6.07, 6.45) is 1.21. The summed E-state index contributed by atoms with van der Waals surface area (Å²) in [6, 6.07) is 3.49. The lowest BCUT2D eigenvalue weighted by Gasteiger charge is -1.99. The molecule has 0 amide bonds. The van der Waals surface area contributed by atoms with E-state index in [0.29, 0.717) is 16.1 Å². The van der Waals surface area contributed by atoms with Gasteiger partial charge < -0.3 is 4.98 Å². The van der Waals surface area contributed by atoms with Gasteiger partial charge >= 0.3 is 0 Å². The number of benzene rings is 1. The van der Waals surface area contributed by atoms with Crippen LogP contribution in [-0.2, 0) is 0 Å². The van der Waals surface area contributed by atoms with E-state index in [4.69, 9.17) is 11.6 Å². The molecule has 0 saturated heterocycles. The summed E-state index contributed by atoms with van der Waals surface area (Å²) in [6.45, 7) is 0. The van der Waals surface area contributed by atoms with Crippen LogP contribution in [0.25, 0.3) is 11.0 Å². The molecule has 2 aromatic rings. The predicted octanol–water partition coefficient (Wildman–Crippen LogP) is 2.34. The third-order valence-corrected chi connectivity index (χ3v) is 2.34. The first-order valence-corrected chi connectivity index (χ1v) is 4.68. The van der Waals surface area contributed by atoms with Crippen molar-refractivity contribution in [3.05, 3.63) is 38.2 Å². The van der Waals surface area contributed by atoms with E-state index in [2.05, 4.69) is 25.9 Å². The number of aromatic nitrogens is 2. The summed E-state index contributed by atoms with van der Waals surface area (Å²) in [5.74, 6) is 0. The van der Waals surface area contributed by atoms with Crippen molar-refractivity contribution in [3.8, 4) is 0 Å². The third kappa shape index (κ3) is 1.59. The number of rotatable bonds is 0. The molecule has 13 heavy (non-hydrogen) atoms. The zero-order valence-electron chi connectivity index (χ0n) is 6.34. The molecule has 2 rings (SSSR count). The van der Waals surface area contributed by atoms with E-state index in [1.165, 1.54) is 6.20 Å². The van der Waals surface area contributed by atoms with Gasteiger partial charge in [0.1, 0.15) is 5.52 Å². The smallest absolute Gasteiger partial charge is 0.266 e. The maximum atomic E-state index is 10.9. The molecule has 0 fully saturated rings. The van der Waals surface area contributed by atoms with Crippen LogP contribution in [-0.4, -0.2) is 9.97 Å². The van der Waals surface area contributed by atoms with Gasteiger partial charge in [0.2, 0.25) is 0 Å². The molecule has 5 heteroatoms. The van der Waals surface area contributed by atoms with Gasteiger partial charge in [-0.1, -0.05) is 27.5 Å². The lowest BCUT2D eigenvalue weighted by molar-refractivity contribution is 1.22. The van der Waals surface area contributed by atoms with E-state index in [9.17, 15) is 4.79 Å². The number of fused-ring (bicyclic) bond motifs is 1. The van der Waals surface area contributed by atoms with Crippen LogP contribution in [0, 0.1) is 0 Å². The second-order valence-corrected chi connectivity index (χ2v) is 3.85. The number of nitrogens with one attached hydrogen (secondary N) is 1. The Morgan fingerprint density at radius 2 is 2.23 bits per heavy atom. The van der Waals surface area contributed by atoms with Crippen molar-refractivity contribution in [2.45, 2.75) is 0 Å². The highest BCUT2D eigenvalue weighted by molar-refractivity contribution is 9.10. The number of H-pyrrole nitrogens is 1. The second kappa shape index (κ2) is 3.12. The molecule has 0 bridgehead atoms. The van der Waals surface area contributed by atoms with E-state index in [-0.39, 0.29) is 5.56 Å². The van der Waals surface area contributed by atoms with Crippen LogP contribution in [0.4, 0.5) is 0 Å². The second-order valence-electron chi connectivity index (χ2n) is 2.53. The van der Waals surface area contributed by atoms with E-state index < -0.39 is 0 Å². The Kier molecular flexibility index (Phi) is 2.09. The third-order valence-electron chi connectivity index (χ3n) is 1.60. The highest BCUT2D eigenvalue weighted by Crippen LogP contribution is 2.24. The maximum absolute atomic E-state index is 10.9. The van der Waals surface area contributed by atoms with Crippen molar-refractivity contribution in [1.29, 1.82) is 0 Å². The molecule has 1 N–H and O–H groups in total. The van der Waals surface area contributed by atoms with Gasteiger partial charge in [0.05, 0.1) is 16.7 Å². The zero-order chi connectivity index (χ0) is 9.42. The molecule has 0 aliphatic heterocycles. The standard InChI is InChI=1S/C8H4BrClN2O/c9-4-1-5(10)8-6(2-4)12-7(13)3-11-8/h1-3H,(H,12,13). The van der Waals surface area contributed by atoms with Crippen LogP contribution in [0.1, 0.15) is 0 Å². The van der Waals surface area contributed by atoms with Crippen molar-refractivity contribution in [3.63, 3.8) is 0 Å². The molecule has 1 aromatic heterocycles. The molecule has 0 radical (unpaired) electrons. The van der Waals surface area contributed by atoms with Gasteiger partial charge in [-0.2, -0.15) is 0 Å². The lowest BCUT2D eigenvalue weighted by Crippen LogP contribution is -2.04. The lowest BCUT2D eigenvalue weighted by atomic mass is 10.3. The minimum Gasteiger partial charge on any atom is -0.319 e. The molecule has 0 aliphatic carbocycles. The summed E-state index contributed by atoms with van der Waals surface area (Å²) < 4.78 is 0.814. The summed E-state index contributed by atoms with van der Waals surface area (Å²) in [5, 5.41) is 0.514. The molecular formula is C8H4BrClN2O. The molecule has 0 unspecified atom stereocenters. The number of nitrogens with zero attached hydrogens (tertiary/aromatic N) is 1. The average molecular weight is 259 g/mol. The van der Waals surface area contributed by atoms with Crippen LogP contribution in [0.5, 0.6) is 0 Å². The van der Waals surface area contributed by atoms with Crippen LogP contribution in [0.3, 0.4) is 0 Å². The van der Waals surface area contributed by atoms with Crippen molar-refractivity contribution in [2.24, 2.45) is 0 Å². The van der Waals surface area contributed by atoms with Gasteiger partial charge in [-0.15, -0.1) is 0 Å². The Morgan fingerprint density at radius 3 is 3.00 bits per heavy atom. The fourth-order valence-electron chi connectivity index (χ4n) is 1.08. The van der Waals surface area contributed by atoms with Gasteiger partial charge in [0, 0.05) is 4.47 Å². The first kappa shape index (κ1) is 8.72. The molecule has 0 atom stereocenters. The minimum absolute atomic E-state index is 0.235. The van der Waals surface area contributed by atoms with Crippen LogP contribution < -0.4 is 5.56 Å². The normalized spacial score (nSPS) is 10.6. The molecule has 0 saturated carbocycles. The van der Waals surface area contributed by atoms with Gasteiger partial charge in [-0.05, 0) is 12.1 Å². The Balaban J connectivity index is 2.94. The van der Waals surface area contributed by atoms with Gasteiger partial charge in [0.25, 0.3) is 5.56 Å². The Morgan fingerprint density at radius 1 is 1.46 bits per heavy atom. The SMILES string of the molecule is O=c1cnc2c(Cl)cc(Br)cc2[nH]1. The Labute approximate surface area is 86.9 Å². The largest absolute Gasteiger partial charge is 0.319 e. The highest BCUT2D eigenvalue weighted by Gasteiger charge is 2.02. The summed E-state index contributed by atoms with van der Waals surface area (Å²) >= 11 is 9.17. The number of halogens is 2. The quantitative estimate of drug-likeness (QED) is 0.789. The summed E-state index contributed by atoms with van der Waals surface area (Å²) in [4.78, 5) is 17.5. The number of hydrogen-bond acceptors (Lipinski definition) is 2. The van der Waals surface area contributed by atoms with Crippen molar-refractivity contribution in [1.82, 2.24) is 9.97 Å². The van der Waals surface area contributed by atoms with E-state index >= 15 is 0 Å². The summed E-state index contributed by atoms with van der Waals surface area (Å²) in [5.41, 5.74) is 0.998. The first-order chi connectivity index (χ1) is 6.16. The number of hydrogen-bond donors (Lipinski definition) is 1. The molecule has 1 aromatic carbocycles. The zero-order valence-corrected chi connectivity index (χ0v) is 8.69. The minimum atomic E-state index is -0.235. The van der Waals surface area contributed by atoms with Crippen molar-refractivity contribution < 1.29 is 0 Å². The first-order valence-electron chi connectivity index (χ1n) is 3.51. The Hall–Kier alpha value is -0.870. The monoisotopic (exact) mass is 258 g/mol. The van der Waals surface area contributed by atoms with E-state index in [1.807, 2.05) is 0 Å². The molecule has 0 aliphatic rings. The maximum Gasteiger partial charge on any atom is 0.266 e. The van der Waals surface area contributed by atoms with Crippen LogP contribution in [0.15, 0.2) is 27.6 Å². The van der Waals surface area contributed by atoms with Crippen molar-refractivity contribution in [2.75, 3.05) is 0 Å². The van der Waals surface area contributed by atoms with Crippen molar-refractivity contribution >= 4 is 38.6 Å². The number of aromatic amines is 1. The van der Waals surface area contributed by atoms with Crippen LogP contribution >= 0.6 is 27.5 Å². The van der Waals surface area contributed by atoms with Gasteiger partial charge in [-0.25, -0.2) is 4.98 Å². The van der Waals surface area contributed by atoms with E-state index in [0.717, 1.165) is 4.47 Å². The predicted molar refractivity (Wildman–Crippen MR) is 55.1 cm³/mol. The van der Waals surface area contributed by atoms with Crippen LogP contribution in [0.2, 0.25) is 5.02 Å². The molecule has 3 nitrogen and oxygen atoms in total. The average Bonchev–Trinajstić information content (AvgIpc) is 2.02. The fraction of sp³-hybridized carbons (Fsp3) is 0. The molecule has 0 spiro atoms. The Bertz CT molecular complexity index is 523. The van der Waals surface area contributed by atoms with Gasteiger partial charge in [0.15, 0.2) is 0 Å².